The highest BCUT2D eigenvalue weighted by Gasteiger charge is 2.24. The van der Waals surface area contributed by atoms with Crippen molar-refractivity contribution in [2.75, 3.05) is 0 Å². The van der Waals surface area contributed by atoms with E-state index in [-0.39, 0.29) is 17.9 Å². The SMILES string of the molecule is O=C(N[C@@H](Cc1ccc(O)cc1Cc1ccoc1)C(=O)O)c1cn2ccc(-c3ccc(Cl)cc3)cc2n1. The number of hydrogen-bond donors (Lipinski definition) is 3. The molecule has 0 saturated carbocycles. The summed E-state index contributed by atoms with van der Waals surface area (Å²) < 4.78 is 6.81. The Morgan fingerprint density at radius 1 is 1.03 bits per heavy atom. The number of rotatable bonds is 8. The van der Waals surface area contributed by atoms with Crippen LogP contribution in [0.2, 0.25) is 5.02 Å². The number of nitrogens with zero attached hydrogens (tertiary/aromatic N) is 2. The molecular weight excluding hydrogens is 494 g/mol. The molecule has 0 aliphatic rings. The van der Waals surface area contributed by atoms with Crippen molar-refractivity contribution in [1.82, 2.24) is 14.7 Å². The van der Waals surface area contributed by atoms with Crippen molar-refractivity contribution >= 4 is 29.1 Å². The summed E-state index contributed by atoms with van der Waals surface area (Å²) in [5.74, 6) is -1.70. The maximum atomic E-state index is 13.0. The third kappa shape index (κ3) is 5.49. The minimum atomic E-state index is -1.20. The van der Waals surface area contributed by atoms with Gasteiger partial charge in [-0.1, -0.05) is 29.8 Å². The predicted octanol–water partition coefficient (Wildman–Crippen LogP) is 4.97. The summed E-state index contributed by atoms with van der Waals surface area (Å²) in [6, 6.07) is 16.5. The summed E-state index contributed by atoms with van der Waals surface area (Å²) in [5.41, 5.74) is 4.81. The van der Waals surface area contributed by atoms with Gasteiger partial charge in [-0.2, -0.15) is 0 Å². The maximum Gasteiger partial charge on any atom is 0.326 e. The predicted molar refractivity (Wildman–Crippen MR) is 138 cm³/mol. The summed E-state index contributed by atoms with van der Waals surface area (Å²) >= 11 is 5.98. The average Bonchev–Trinajstić information content (AvgIpc) is 3.55. The molecule has 9 heteroatoms. The van der Waals surface area contributed by atoms with Crippen LogP contribution < -0.4 is 5.32 Å². The molecule has 0 spiro atoms. The standard InChI is InChI=1S/C28H22ClN3O5/c29-22-4-1-18(2-5-22)20-7-9-32-15-25(30-26(32)14-20)27(34)31-24(28(35)36)13-19-3-6-23(33)12-21(19)11-17-8-10-37-16-17/h1-10,12,14-16,24,33H,11,13H2,(H,31,34)(H,35,36)/t24-/m0/s1. The molecule has 1 amide bonds. The number of benzene rings is 2. The smallest absolute Gasteiger partial charge is 0.326 e. The van der Waals surface area contributed by atoms with Crippen LogP contribution in [0.5, 0.6) is 5.75 Å². The third-order valence-corrected chi connectivity index (χ3v) is 6.31. The fraction of sp³-hybridized carbons (Fsp3) is 0.107. The van der Waals surface area contributed by atoms with E-state index in [4.69, 9.17) is 16.0 Å². The van der Waals surface area contributed by atoms with Crippen LogP contribution in [0.3, 0.4) is 0 Å². The molecule has 0 saturated heterocycles. The summed E-state index contributed by atoms with van der Waals surface area (Å²) in [5, 5.41) is 23.0. The number of aromatic nitrogens is 2. The Balaban J connectivity index is 1.35. The Hall–Kier alpha value is -4.56. The largest absolute Gasteiger partial charge is 0.508 e. The Morgan fingerprint density at radius 2 is 1.84 bits per heavy atom. The quantitative estimate of drug-likeness (QED) is 0.268. The van der Waals surface area contributed by atoms with Gasteiger partial charge in [0.05, 0.1) is 12.5 Å². The van der Waals surface area contributed by atoms with Crippen molar-refractivity contribution in [3.63, 3.8) is 0 Å². The first-order valence-corrected chi connectivity index (χ1v) is 11.8. The van der Waals surface area contributed by atoms with Crippen LogP contribution in [-0.4, -0.2) is 37.5 Å². The van der Waals surface area contributed by atoms with E-state index in [1.165, 1.54) is 6.07 Å². The Labute approximate surface area is 216 Å². The van der Waals surface area contributed by atoms with Gasteiger partial charge in [0, 0.05) is 30.3 Å². The number of amides is 1. The second-order valence-electron chi connectivity index (χ2n) is 8.64. The number of hydrogen-bond acceptors (Lipinski definition) is 5. The van der Waals surface area contributed by atoms with E-state index < -0.39 is 17.9 Å². The fourth-order valence-corrected chi connectivity index (χ4v) is 4.28. The number of imidazole rings is 1. The van der Waals surface area contributed by atoms with Gasteiger partial charge in [0.2, 0.25) is 0 Å². The van der Waals surface area contributed by atoms with Gasteiger partial charge in [-0.15, -0.1) is 0 Å². The number of phenols is 1. The number of aromatic hydroxyl groups is 1. The fourth-order valence-electron chi connectivity index (χ4n) is 4.15. The van der Waals surface area contributed by atoms with Gasteiger partial charge in [0.15, 0.2) is 0 Å². The monoisotopic (exact) mass is 515 g/mol. The van der Waals surface area contributed by atoms with Gasteiger partial charge in [-0.25, -0.2) is 9.78 Å². The number of furan rings is 1. The van der Waals surface area contributed by atoms with E-state index in [1.807, 2.05) is 24.3 Å². The molecular formula is C28H22ClN3O5. The Kier molecular flexibility index (Phi) is 6.66. The number of fused-ring (bicyclic) bond motifs is 1. The minimum Gasteiger partial charge on any atom is -0.508 e. The highest BCUT2D eigenvalue weighted by molar-refractivity contribution is 6.30. The second kappa shape index (κ2) is 10.2. The lowest BCUT2D eigenvalue weighted by Gasteiger charge is -2.16. The van der Waals surface area contributed by atoms with E-state index in [9.17, 15) is 19.8 Å². The molecule has 186 valence electrons. The van der Waals surface area contributed by atoms with Crippen molar-refractivity contribution in [2.45, 2.75) is 18.9 Å². The van der Waals surface area contributed by atoms with Crippen LogP contribution in [-0.2, 0) is 17.6 Å². The van der Waals surface area contributed by atoms with Crippen molar-refractivity contribution < 1.29 is 24.2 Å². The van der Waals surface area contributed by atoms with Crippen molar-refractivity contribution in [3.05, 3.63) is 113 Å². The highest BCUT2D eigenvalue weighted by Crippen LogP contribution is 2.24. The van der Waals surface area contributed by atoms with Gasteiger partial charge in [-0.05, 0) is 70.3 Å². The summed E-state index contributed by atoms with van der Waals surface area (Å²) in [7, 11) is 0. The lowest BCUT2D eigenvalue weighted by atomic mass is 9.96. The van der Waals surface area contributed by atoms with E-state index in [0.717, 1.165) is 22.3 Å². The first kappa shape index (κ1) is 24.1. The minimum absolute atomic E-state index is 0.0304. The number of carboxylic acids is 1. The Bertz CT molecular complexity index is 1580. The van der Waals surface area contributed by atoms with Crippen LogP contribution >= 0.6 is 11.6 Å². The lowest BCUT2D eigenvalue weighted by molar-refractivity contribution is -0.139. The van der Waals surface area contributed by atoms with Crippen LogP contribution in [0.15, 0.2) is 90.0 Å². The van der Waals surface area contributed by atoms with Crippen molar-refractivity contribution in [3.8, 4) is 16.9 Å². The summed E-state index contributed by atoms with van der Waals surface area (Å²) in [4.78, 5) is 29.4. The molecule has 3 N–H and O–H groups in total. The van der Waals surface area contributed by atoms with Gasteiger partial charge in [0.25, 0.3) is 5.91 Å². The normalized spacial score (nSPS) is 11.9. The van der Waals surface area contributed by atoms with Gasteiger partial charge in [-0.3, -0.25) is 4.79 Å². The lowest BCUT2D eigenvalue weighted by Crippen LogP contribution is -2.42. The zero-order chi connectivity index (χ0) is 25.9. The Morgan fingerprint density at radius 3 is 2.57 bits per heavy atom. The molecule has 5 rings (SSSR count). The number of carboxylic acid groups (broad SMARTS) is 1. The molecule has 3 aromatic heterocycles. The van der Waals surface area contributed by atoms with Crippen LogP contribution in [0, 0.1) is 0 Å². The third-order valence-electron chi connectivity index (χ3n) is 6.06. The second-order valence-corrected chi connectivity index (χ2v) is 9.08. The molecule has 37 heavy (non-hydrogen) atoms. The molecule has 0 aliphatic heterocycles. The topological polar surface area (TPSA) is 117 Å². The summed E-state index contributed by atoms with van der Waals surface area (Å²) in [6.45, 7) is 0. The number of halogens is 1. The molecule has 1 atom stereocenters. The summed E-state index contributed by atoms with van der Waals surface area (Å²) in [6.07, 6.45) is 6.96. The molecule has 3 heterocycles. The number of aliphatic carboxylic acids is 1. The molecule has 0 radical (unpaired) electrons. The molecule has 0 unspecified atom stereocenters. The average molecular weight is 516 g/mol. The molecule has 8 nitrogen and oxygen atoms in total. The maximum absolute atomic E-state index is 13.0. The van der Waals surface area contributed by atoms with Crippen LogP contribution in [0.1, 0.15) is 27.2 Å². The molecule has 0 aliphatic carbocycles. The first-order valence-electron chi connectivity index (χ1n) is 11.5. The van der Waals surface area contributed by atoms with Gasteiger partial charge < -0.3 is 24.3 Å². The zero-order valence-electron chi connectivity index (χ0n) is 19.5. The van der Waals surface area contributed by atoms with E-state index in [1.54, 1.807) is 59.7 Å². The molecule has 0 bridgehead atoms. The van der Waals surface area contributed by atoms with Gasteiger partial charge in [0.1, 0.15) is 23.1 Å². The van der Waals surface area contributed by atoms with Crippen LogP contribution in [0.4, 0.5) is 0 Å². The number of nitrogens with one attached hydrogen (secondary N) is 1. The highest BCUT2D eigenvalue weighted by atomic mass is 35.5. The molecule has 2 aromatic carbocycles. The number of pyridine rings is 1. The van der Waals surface area contributed by atoms with E-state index in [2.05, 4.69) is 10.3 Å². The number of carbonyl (C=O) groups excluding carboxylic acids is 1. The molecule has 5 aromatic rings. The van der Waals surface area contributed by atoms with Gasteiger partial charge >= 0.3 is 5.97 Å². The van der Waals surface area contributed by atoms with E-state index in [0.29, 0.717) is 22.7 Å². The molecule has 0 fully saturated rings. The van der Waals surface area contributed by atoms with Crippen molar-refractivity contribution in [2.24, 2.45) is 0 Å². The zero-order valence-corrected chi connectivity index (χ0v) is 20.2. The first-order chi connectivity index (χ1) is 17.9. The number of phenolic OH excluding ortho intramolecular Hbond substituents is 1. The van der Waals surface area contributed by atoms with E-state index >= 15 is 0 Å². The number of carbonyl (C=O) groups is 2. The van der Waals surface area contributed by atoms with Crippen LogP contribution in [0.25, 0.3) is 16.8 Å². The van der Waals surface area contributed by atoms with Crippen molar-refractivity contribution in [1.29, 1.82) is 0 Å².